The van der Waals surface area contributed by atoms with Gasteiger partial charge in [-0.1, -0.05) is 18.5 Å². The Hall–Kier alpha value is -1.95. The lowest BCUT2D eigenvalue weighted by atomic mass is 9.96. The molecule has 1 amide bonds. The monoisotopic (exact) mass is 369 g/mol. The lowest BCUT2D eigenvalue weighted by Crippen LogP contribution is -2.40. The van der Waals surface area contributed by atoms with Gasteiger partial charge in [-0.05, 0) is 31.4 Å². The van der Waals surface area contributed by atoms with Crippen LogP contribution >= 0.6 is 11.6 Å². The molecule has 0 aromatic heterocycles. The first-order chi connectivity index (χ1) is 12.0. The lowest BCUT2D eigenvalue weighted by Gasteiger charge is -2.31. The highest BCUT2D eigenvalue weighted by molar-refractivity contribution is 6.32. The molecule has 2 rings (SSSR count). The van der Waals surface area contributed by atoms with Crippen molar-refractivity contribution in [2.75, 3.05) is 33.9 Å². The Morgan fingerprint density at radius 1 is 1.24 bits per heavy atom. The number of hydrogen-bond donors (Lipinski definition) is 0. The van der Waals surface area contributed by atoms with Crippen LogP contribution in [0.3, 0.4) is 0 Å². The molecule has 6 nitrogen and oxygen atoms in total. The fourth-order valence-electron chi connectivity index (χ4n) is 2.86. The normalized spacial score (nSPS) is 15.0. The quantitative estimate of drug-likeness (QED) is 0.720. The van der Waals surface area contributed by atoms with E-state index < -0.39 is 0 Å². The molecule has 0 bridgehead atoms. The predicted molar refractivity (Wildman–Crippen MR) is 94.4 cm³/mol. The van der Waals surface area contributed by atoms with E-state index in [0.29, 0.717) is 54.6 Å². The molecule has 138 valence electrons. The van der Waals surface area contributed by atoms with Crippen LogP contribution < -0.4 is 9.47 Å². The molecule has 1 aliphatic heterocycles. The molecule has 0 N–H and O–H groups in total. The molecule has 0 saturated carbocycles. The van der Waals surface area contributed by atoms with Crippen LogP contribution in [0.1, 0.15) is 36.5 Å². The smallest absolute Gasteiger partial charge is 0.308 e. The zero-order valence-electron chi connectivity index (χ0n) is 14.8. The molecule has 0 aliphatic carbocycles. The summed E-state index contributed by atoms with van der Waals surface area (Å²) >= 11 is 6.28. The van der Waals surface area contributed by atoms with Gasteiger partial charge in [0.25, 0.3) is 5.91 Å². The number of rotatable bonds is 6. The fraction of sp³-hybridized carbons (Fsp3) is 0.556. The summed E-state index contributed by atoms with van der Waals surface area (Å²) in [6.45, 7) is 3.53. The van der Waals surface area contributed by atoms with Gasteiger partial charge in [-0.2, -0.15) is 0 Å². The first kappa shape index (κ1) is 19.4. The maximum Gasteiger partial charge on any atom is 0.308 e. The highest BCUT2D eigenvalue weighted by atomic mass is 35.5. The van der Waals surface area contributed by atoms with Crippen molar-refractivity contribution in [1.29, 1.82) is 0 Å². The van der Waals surface area contributed by atoms with E-state index in [1.54, 1.807) is 17.0 Å². The number of carbonyl (C=O) groups is 2. The van der Waals surface area contributed by atoms with Gasteiger partial charge in [-0.3, -0.25) is 9.59 Å². The van der Waals surface area contributed by atoms with Crippen molar-refractivity contribution in [2.24, 2.45) is 5.92 Å². The number of hydrogen-bond acceptors (Lipinski definition) is 5. The Morgan fingerprint density at radius 3 is 2.48 bits per heavy atom. The van der Waals surface area contributed by atoms with Crippen LogP contribution in [0.15, 0.2) is 12.1 Å². The van der Waals surface area contributed by atoms with Crippen molar-refractivity contribution in [3.8, 4) is 11.5 Å². The second-order valence-electron chi connectivity index (χ2n) is 5.93. The van der Waals surface area contributed by atoms with Crippen molar-refractivity contribution in [2.45, 2.75) is 26.2 Å². The van der Waals surface area contributed by atoms with Gasteiger partial charge in [-0.25, -0.2) is 0 Å². The van der Waals surface area contributed by atoms with E-state index in [-0.39, 0.29) is 17.8 Å². The summed E-state index contributed by atoms with van der Waals surface area (Å²) < 4.78 is 15.7. The van der Waals surface area contributed by atoms with Crippen LogP contribution in [0.25, 0.3) is 0 Å². The minimum absolute atomic E-state index is 0.134. The van der Waals surface area contributed by atoms with Gasteiger partial charge in [0.2, 0.25) is 0 Å². The minimum atomic E-state index is -0.214. The summed E-state index contributed by atoms with van der Waals surface area (Å²) in [5, 5.41) is 0.348. The van der Waals surface area contributed by atoms with Crippen LogP contribution in [-0.4, -0.2) is 50.7 Å². The SMILES string of the molecule is CCCOc1c(Cl)cc(C(=O)N2CCC(C(=O)OC)CC2)cc1OC. The number of methoxy groups -OCH3 is 2. The van der Waals surface area contributed by atoms with Crippen molar-refractivity contribution in [3.63, 3.8) is 0 Å². The van der Waals surface area contributed by atoms with Crippen molar-refractivity contribution < 1.29 is 23.8 Å². The molecule has 0 radical (unpaired) electrons. The van der Waals surface area contributed by atoms with Crippen LogP contribution in [0.4, 0.5) is 0 Å². The summed E-state index contributed by atoms with van der Waals surface area (Å²) in [7, 11) is 2.90. The van der Waals surface area contributed by atoms with Gasteiger partial charge in [0.05, 0.1) is 31.8 Å². The third-order valence-corrected chi connectivity index (χ3v) is 4.52. The molecule has 0 unspecified atom stereocenters. The van der Waals surface area contributed by atoms with E-state index in [1.807, 2.05) is 6.92 Å². The van der Waals surface area contributed by atoms with E-state index in [1.165, 1.54) is 14.2 Å². The first-order valence-corrected chi connectivity index (χ1v) is 8.77. The second-order valence-corrected chi connectivity index (χ2v) is 6.33. The molecule has 1 aliphatic rings. The van der Waals surface area contributed by atoms with Gasteiger partial charge in [0, 0.05) is 18.7 Å². The maximum absolute atomic E-state index is 12.7. The number of likely N-dealkylation sites (tertiary alicyclic amines) is 1. The summed E-state index contributed by atoms with van der Waals surface area (Å²) in [6.07, 6.45) is 2.04. The standard InChI is InChI=1S/C18H24ClNO5/c1-4-9-25-16-14(19)10-13(11-15(16)23-2)17(21)20-7-5-12(6-8-20)18(22)24-3/h10-12H,4-9H2,1-3H3. The lowest BCUT2D eigenvalue weighted by molar-refractivity contribution is -0.146. The van der Waals surface area contributed by atoms with E-state index >= 15 is 0 Å². The second kappa shape index (κ2) is 8.94. The Balaban J connectivity index is 2.12. The largest absolute Gasteiger partial charge is 0.493 e. The summed E-state index contributed by atoms with van der Waals surface area (Å²) in [5.74, 6) is 0.400. The molecular weight excluding hydrogens is 346 g/mol. The van der Waals surface area contributed by atoms with Gasteiger partial charge >= 0.3 is 5.97 Å². The van der Waals surface area contributed by atoms with E-state index in [4.69, 9.17) is 25.8 Å². The van der Waals surface area contributed by atoms with Gasteiger partial charge in [0.1, 0.15) is 0 Å². The zero-order chi connectivity index (χ0) is 18.4. The average molecular weight is 370 g/mol. The van der Waals surface area contributed by atoms with Crippen LogP contribution in [-0.2, 0) is 9.53 Å². The summed E-state index contributed by atoms with van der Waals surface area (Å²) in [4.78, 5) is 26.1. The van der Waals surface area contributed by atoms with Gasteiger partial charge < -0.3 is 19.1 Å². The van der Waals surface area contributed by atoms with Crippen LogP contribution in [0.2, 0.25) is 5.02 Å². The summed E-state index contributed by atoms with van der Waals surface area (Å²) in [6, 6.07) is 3.25. The fourth-order valence-corrected chi connectivity index (χ4v) is 3.12. The van der Waals surface area contributed by atoms with Crippen molar-refractivity contribution in [1.82, 2.24) is 4.90 Å². The molecule has 7 heteroatoms. The number of piperidine rings is 1. The average Bonchev–Trinajstić information content (AvgIpc) is 2.65. The number of halogens is 1. The van der Waals surface area contributed by atoms with E-state index in [2.05, 4.69) is 0 Å². The highest BCUT2D eigenvalue weighted by Gasteiger charge is 2.29. The number of esters is 1. The van der Waals surface area contributed by atoms with Gasteiger partial charge in [-0.15, -0.1) is 0 Å². The molecule has 1 aromatic rings. The topological polar surface area (TPSA) is 65.1 Å². The maximum atomic E-state index is 12.7. The van der Waals surface area contributed by atoms with Gasteiger partial charge in [0.15, 0.2) is 11.5 Å². The zero-order valence-corrected chi connectivity index (χ0v) is 15.6. The third-order valence-electron chi connectivity index (χ3n) is 4.24. The Labute approximate surface area is 153 Å². The Kier molecular flexibility index (Phi) is 6.93. The molecule has 1 heterocycles. The summed E-state index contributed by atoms with van der Waals surface area (Å²) in [5.41, 5.74) is 0.446. The van der Waals surface area contributed by atoms with Crippen LogP contribution in [0.5, 0.6) is 11.5 Å². The predicted octanol–water partition coefficient (Wildman–Crippen LogP) is 3.16. The highest BCUT2D eigenvalue weighted by Crippen LogP contribution is 2.37. The van der Waals surface area contributed by atoms with Crippen molar-refractivity contribution >= 4 is 23.5 Å². The number of nitrogens with zero attached hydrogens (tertiary/aromatic N) is 1. The number of amides is 1. The Morgan fingerprint density at radius 2 is 1.92 bits per heavy atom. The minimum Gasteiger partial charge on any atom is -0.493 e. The molecule has 1 aromatic carbocycles. The van der Waals surface area contributed by atoms with E-state index in [9.17, 15) is 9.59 Å². The number of benzene rings is 1. The first-order valence-electron chi connectivity index (χ1n) is 8.39. The third kappa shape index (κ3) is 4.57. The van der Waals surface area contributed by atoms with E-state index in [0.717, 1.165) is 6.42 Å². The molecule has 0 atom stereocenters. The molecule has 25 heavy (non-hydrogen) atoms. The molecule has 1 fully saturated rings. The van der Waals surface area contributed by atoms with Crippen LogP contribution in [0, 0.1) is 5.92 Å². The molecular formula is C18H24ClNO5. The van der Waals surface area contributed by atoms with Crippen molar-refractivity contribution in [3.05, 3.63) is 22.7 Å². The molecule has 0 spiro atoms. The Bertz CT molecular complexity index is 626. The number of carbonyl (C=O) groups excluding carboxylic acids is 2. The number of ether oxygens (including phenoxy) is 3. The molecule has 1 saturated heterocycles.